The Bertz CT molecular complexity index is 1680. The fourth-order valence-electron chi connectivity index (χ4n) is 4.72. The summed E-state index contributed by atoms with van der Waals surface area (Å²) in [6, 6.07) is 37.3. The quantitative estimate of drug-likeness (QED) is 0.284. The molecule has 154 valence electrons. The number of rotatable bonds is 2. The SMILES string of the molecule is c1ccc(-c2nc(-c3ccc4c(c3)-c3cccc5cccc(c35)O4)nc3ccccc23)cc1. The van der Waals surface area contributed by atoms with Crippen LogP contribution in [0.5, 0.6) is 11.5 Å². The maximum Gasteiger partial charge on any atom is 0.160 e. The fourth-order valence-corrected chi connectivity index (χ4v) is 4.72. The third kappa shape index (κ3) is 2.83. The van der Waals surface area contributed by atoms with Gasteiger partial charge in [-0.3, -0.25) is 0 Å². The molecule has 5 aromatic carbocycles. The lowest BCUT2D eigenvalue weighted by Crippen LogP contribution is -1.99. The van der Waals surface area contributed by atoms with Crippen LogP contribution in [0.2, 0.25) is 0 Å². The molecule has 3 heteroatoms. The van der Waals surface area contributed by atoms with E-state index in [1.54, 1.807) is 0 Å². The van der Waals surface area contributed by atoms with Gasteiger partial charge in [0.1, 0.15) is 11.5 Å². The summed E-state index contributed by atoms with van der Waals surface area (Å²) in [5, 5.41) is 3.37. The van der Waals surface area contributed by atoms with Gasteiger partial charge in [0.05, 0.1) is 11.2 Å². The average molecular weight is 422 g/mol. The highest BCUT2D eigenvalue weighted by Crippen LogP contribution is 2.47. The van der Waals surface area contributed by atoms with Crippen LogP contribution in [0.4, 0.5) is 0 Å². The molecule has 0 bridgehead atoms. The molecule has 0 fully saturated rings. The number of para-hydroxylation sites is 1. The molecule has 0 atom stereocenters. The van der Waals surface area contributed by atoms with Gasteiger partial charge in [0.2, 0.25) is 0 Å². The van der Waals surface area contributed by atoms with Crippen LogP contribution in [-0.4, -0.2) is 9.97 Å². The van der Waals surface area contributed by atoms with Crippen molar-refractivity contribution in [3.63, 3.8) is 0 Å². The maximum atomic E-state index is 6.26. The molecule has 0 radical (unpaired) electrons. The predicted octanol–water partition coefficient (Wildman–Crippen LogP) is 7.89. The molecule has 7 rings (SSSR count). The van der Waals surface area contributed by atoms with Crippen molar-refractivity contribution < 1.29 is 4.74 Å². The summed E-state index contributed by atoms with van der Waals surface area (Å²) in [6.07, 6.45) is 0. The molecule has 0 aliphatic carbocycles. The lowest BCUT2D eigenvalue weighted by atomic mass is 9.93. The van der Waals surface area contributed by atoms with E-state index in [0.29, 0.717) is 5.82 Å². The van der Waals surface area contributed by atoms with E-state index >= 15 is 0 Å². The first-order valence-corrected chi connectivity index (χ1v) is 11.0. The highest BCUT2D eigenvalue weighted by atomic mass is 16.5. The zero-order chi connectivity index (χ0) is 21.8. The Hall–Kier alpha value is -4.50. The second-order valence-corrected chi connectivity index (χ2v) is 8.25. The van der Waals surface area contributed by atoms with Gasteiger partial charge in [0, 0.05) is 27.5 Å². The monoisotopic (exact) mass is 422 g/mol. The van der Waals surface area contributed by atoms with Crippen molar-refractivity contribution in [2.45, 2.75) is 0 Å². The maximum absolute atomic E-state index is 6.26. The molecular formula is C30H18N2O. The molecule has 2 heterocycles. The summed E-state index contributed by atoms with van der Waals surface area (Å²) in [6.45, 7) is 0. The van der Waals surface area contributed by atoms with Gasteiger partial charge in [-0.05, 0) is 41.3 Å². The first-order chi connectivity index (χ1) is 16.3. The topological polar surface area (TPSA) is 35.0 Å². The zero-order valence-corrected chi connectivity index (χ0v) is 17.7. The molecule has 0 saturated heterocycles. The zero-order valence-electron chi connectivity index (χ0n) is 17.7. The van der Waals surface area contributed by atoms with Gasteiger partial charge in [-0.1, -0.05) is 78.9 Å². The molecule has 1 aromatic heterocycles. The molecule has 1 aliphatic heterocycles. The van der Waals surface area contributed by atoms with Crippen molar-refractivity contribution in [1.29, 1.82) is 0 Å². The van der Waals surface area contributed by atoms with E-state index in [-0.39, 0.29) is 0 Å². The second-order valence-electron chi connectivity index (χ2n) is 8.25. The summed E-state index contributed by atoms with van der Waals surface area (Å²) >= 11 is 0. The molecular weight excluding hydrogens is 404 g/mol. The minimum atomic E-state index is 0.710. The molecule has 1 aliphatic rings. The first kappa shape index (κ1) is 18.1. The van der Waals surface area contributed by atoms with E-state index in [0.717, 1.165) is 50.2 Å². The largest absolute Gasteiger partial charge is 0.456 e. The van der Waals surface area contributed by atoms with Crippen LogP contribution < -0.4 is 4.74 Å². The van der Waals surface area contributed by atoms with Gasteiger partial charge in [-0.2, -0.15) is 0 Å². The Labute approximate surface area is 191 Å². The van der Waals surface area contributed by atoms with E-state index < -0.39 is 0 Å². The van der Waals surface area contributed by atoms with E-state index in [1.165, 1.54) is 10.9 Å². The highest BCUT2D eigenvalue weighted by Gasteiger charge is 2.21. The van der Waals surface area contributed by atoms with Crippen molar-refractivity contribution in [3.8, 4) is 45.3 Å². The van der Waals surface area contributed by atoms with E-state index in [2.05, 4.69) is 48.5 Å². The standard InChI is InChI=1S/C30H18N2O/c1-2-8-20(9-3-1)29-23-12-4-5-14-25(23)31-30(32-29)21-16-17-26-24(18-21)22-13-6-10-19-11-7-15-27(33-26)28(19)22/h1-18H. The number of aromatic nitrogens is 2. The molecule has 33 heavy (non-hydrogen) atoms. The van der Waals surface area contributed by atoms with Crippen LogP contribution in [0.1, 0.15) is 0 Å². The van der Waals surface area contributed by atoms with Crippen molar-refractivity contribution in [2.75, 3.05) is 0 Å². The third-order valence-electron chi connectivity index (χ3n) is 6.26. The molecule has 0 spiro atoms. The Morgan fingerprint density at radius 2 is 1.36 bits per heavy atom. The Balaban J connectivity index is 1.46. The van der Waals surface area contributed by atoms with Gasteiger partial charge in [0.15, 0.2) is 5.82 Å². The summed E-state index contributed by atoms with van der Waals surface area (Å²) in [7, 11) is 0. The van der Waals surface area contributed by atoms with Crippen LogP contribution >= 0.6 is 0 Å². The average Bonchev–Trinajstić information content (AvgIpc) is 2.89. The molecule has 0 amide bonds. The summed E-state index contributed by atoms with van der Waals surface area (Å²) < 4.78 is 6.26. The van der Waals surface area contributed by atoms with Crippen LogP contribution in [-0.2, 0) is 0 Å². The number of benzene rings is 5. The third-order valence-corrected chi connectivity index (χ3v) is 6.26. The fraction of sp³-hybridized carbons (Fsp3) is 0. The second kappa shape index (κ2) is 7.01. The van der Waals surface area contributed by atoms with E-state index in [9.17, 15) is 0 Å². The number of ether oxygens (including phenoxy) is 1. The summed E-state index contributed by atoms with van der Waals surface area (Å²) in [5.74, 6) is 2.46. The first-order valence-electron chi connectivity index (χ1n) is 11.0. The smallest absolute Gasteiger partial charge is 0.160 e. The Kier molecular flexibility index (Phi) is 3.84. The molecule has 0 unspecified atom stereocenters. The number of hydrogen-bond donors (Lipinski definition) is 0. The van der Waals surface area contributed by atoms with E-state index in [1.807, 2.05) is 60.7 Å². The van der Waals surface area contributed by atoms with Gasteiger partial charge in [-0.25, -0.2) is 9.97 Å². The Morgan fingerprint density at radius 3 is 2.27 bits per heavy atom. The van der Waals surface area contributed by atoms with Crippen LogP contribution in [0.25, 0.3) is 55.4 Å². The van der Waals surface area contributed by atoms with E-state index in [4.69, 9.17) is 14.7 Å². The number of fused-ring (bicyclic) bond motifs is 3. The molecule has 0 saturated carbocycles. The van der Waals surface area contributed by atoms with Crippen LogP contribution in [0.15, 0.2) is 109 Å². The predicted molar refractivity (Wildman–Crippen MR) is 133 cm³/mol. The summed E-state index contributed by atoms with van der Waals surface area (Å²) in [5.41, 5.74) is 6.17. The number of hydrogen-bond acceptors (Lipinski definition) is 3. The summed E-state index contributed by atoms with van der Waals surface area (Å²) in [4.78, 5) is 9.95. The number of nitrogens with zero attached hydrogens (tertiary/aromatic N) is 2. The lowest BCUT2D eigenvalue weighted by Gasteiger charge is -2.21. The van der Waals surface area contributed by atoms with Gasteiger partial charge >= 0.3 is 0 Å². The van der Waals surface area contributed by atoms with Crippen molar-refractivity contribution in [2.24, 2.45) is 0 Å². The van der Waals surface area contributed by atoms with Crippen molar-refractivity contribution in [3.05, 3.63) is 109 Å². The molecule has 3 nitrogen and oxygen atoms in total. The van der Waals surface area contributed by atoms with Gasteiger partial charge in [0.25, 0.3) is 0 Å². The highest BCUT2D eigenvalue weighted by molar-refractivity contribution is 6.04. The molecule has 6 aromatic rings. The minimum absolute atomic E-state index is 0.710. The van der Waals surface area contributed by atoms with Crippen molar-refractivity contribution in [1.82, 2.24) is 9.97 Å². The van der Waals surface area contributed by atoms with Gasteiger partial charge < -0.3 is 4.74 Å². The molecule has 0 N–H and O–H groups in total. The van der Waals surface area contributed by atoms with Crippen LogP contribution in [0.3, 0.4) is 0 Å². The van der Waals surface area contributed by atoms with Crippen LogP contribution in [0, 0.1) is 0 Å². The normalized spacial score (nSPS) is 11.9. The lowest BCUT2D eigenvalue weighted by molar-refractivity contribution is 0.487. The van der Waals surface area contributed by atoms with Crippen molar-refractivity contribution >= 4 is 21.7 Å². The minimum Gasteiger partial charge on any atom is -0.456 e. The Morgan fingerprint density at radius 1 is 0.545 bits per heavy atom. The van der Waals surface area contributed by atoms with Gasteiger partial charge in [-0.15, -0.1) is 0 Å².